The highest BCUT2D eigenvalue weighted by Crippen LogP contribution is 2.17. The minimum atomic E-state index is -0.265. The maximum Gasteiger partial charge on any atom is 0.242 e. The van der Waals surface area contributed by atoms with Gasteiger partial charge in [0.2, 0.25) is 11.8 Å². The average Bonchev–Trinajstić information content (AvgIpc) is 3.06. The second-order valence-electron chi connectivity index (χ2n) is 7.77. The first-order valence-corrected chi connectivity index (χ1v) is 10.9. The van der Waals surface area contributed by atoms with Crippen molar-refractivity contribution in [3.63, 3.8) is 0 Å². The van der Waals surface area contributed by atoms with Crippen LogP contribution in [0.2, 0.25) is 0 Å². The molecule has 1 atom stereocenters. The van der Waals surface area contributed by atoms with Gasteiger partial charge in [-0.2, -0.15) is 0 Å². The molecule has 0 bridgehead atoms. The number of hydrogen-bond donors (Lipinski definition) is 0. The van der Waals surface area contributed by atoms with E-state index in [2.05, 4.69) is 29.0 Å². The average molecular weight is 433 g/mol. The molecular weight excluding hydrogens is 404 g/mol. The fourth-order valence-corrected chi connectivity index (χ4v) is 4.00. The second kappa shape index (κ2) is 10.5. The molecule has 1 saturated heterocycles. The largest absolute Gasteiger partial charge is 0.370 e. The Morgan fingerprint density at radius 1 is 1.37 bits per heavy atom. The van der Waals surface area contributed by atoms with E-state index in [4.69, 9.17) is 4.74 Å². The molecule has 1 fully saturated rings. The van der Waals surface area contributed by atoms with Gasteiger partial charge in [-0.3, -0.25) is 14.6 Å². The van der Waals surface area contributed by atoms with Crippen LogP contribution in [0.5, 0.6) is 0 Å². The first-order valence-electron chi connectivity index (χ1n) is 9.95. The molecule has 0 saturated carbocycles. The summed E-state index contributed by atoms with van der Waals surface area (Å²) in [4.78, 5) is 33.2. The Kier molecular flexibility index (Phi) is 7.81. The molecule has 1 unspecified atom stereocenters. The summed E-state index contributed by atoms with van der Waals surface area (Å²) in [7, 11) is 1.83. The number of aryl methyl sites for hydroxylation is 1. The summed E-state index contributed by atoms with van der Waals surface area (Å²) in [6, 6.07) is 3.81. The Hall–Kier alpha value is -2.46. The minimum absolute atomic E-state index is 0.0480. The number of aromatic nitrogens is 4. The van der Waals surface area contributed by atoms with Crippen molar-refractivity contribution in [3.05, 3.63) is 36.4 Å². The Bertz CT molecular complexity index is 844. The van der Waals surface area contributed by atoms with Gasteiger partial charge in [-0.15, -0.1) is 10.2 Å². The van der Waals surface area contributed by atoms with Crippen LogP contribution >= 0.6 is 11.8 Å². The van der Waals surface area contributed by atoms with E-state index in [0.717, 1.165) is 5.56 Å². The van der Waals surface area contributed by atoms with Gasteiger partial charge in [0.1, 0.15) is 6.33 Å². The Labute approximate surface area is 180 Å². The van der Waals surface area contributed by atoms with E-state index in [1.807, 2.05) is 24.1 Å². The molecule has 0 aliphatic carbocycles. The third kappa shape index (κ3) is 6.27. The van der Waals surface area contributed by atoms with E-state index >= 15 is 0 Å². The van der Waals surface area contributed by atoms with Crippen LogP contribution in [0, 0.1) is 5.92 Å². The Morgan fingerprint density at radius 3 is 2.87 bits per heavy atom. The molecule has 3 heterocycles. The van der Waals surface area contributed by atoms with E-state index < -0.39 is 0 Å². The number of carbonyl (C=O) groups excluding carboxylic acids is 2. The lowest BCUT2D eigenvalue weighted by molar-refractivity contribution is -0.137. The van der Waals surface area contributed by atoms with E-state index in [1.54, 1.807) is 28.2 Å². The van der Waals surface area contributed by atoms with Crippen LogP contribution in [0.1, 0.15) is 19.4 Å². The zero-order chi connectivity index (χ0) is 21.5. The van der Waals surface area contributed by atoms with Gasteiger partial charge in [0, 0.05) is 39.1 Å². The number of amides is 2. The van der Waals surface area contributed by atoms with Crippen molar-refractivity contribution in [3.8, 4) is 0 Å². The van der Waals surface area contributed by atoms with Crippen LogP contribution in [-0.2, 0) is 28.0 Å². The first kappa shape index (κ1) is 22.2. The zero-order valence-corrected chi connectivity index (χ0v) is 18.4. The highest BCUT2D eigenvalue weighted by molar-refractivity contribution is 7.99. The summed E-state index contributed by atoms with van der Waals surface area (Å²) in [5, 5.41) is 8.47. The predicted molar refractivity (Wildman–Crippen MR) is 113 cm³/mol. The molecule has 2 aromatic rings. The lowest BCUT2D eigenvalue weighted by Gasteiger charge is -2.26. The fraction of sp³-hybridized carbons (Fsp3) is 0.550. The standard InChI is InChI=1S/C20H28N6O3S/c1-15(2)8-25-9-17(29-12-16-5-4-6-21-7-16)10-26(11-18(25)27)19(28)13-30-20-23-22-14-24(20)3/h4-7,14-15,17H,8-13H2,1-3H3. The third-order valence-electron chi connectivity index (χ3n) is 4.67. The first-order chi connectivity index (χ1) is 14.4. The van der Waals surface area contributed by atoms with Gasteiger partial charge in [0.05, 0.1) is 25.0 Å². The van der Waals surface area contributed by atoms with Crippen LogP contribution in [0.3, 0.4) is 0 Å². The fourth-order valence-electron chi connectivity index (χ4n) is 3.21. The Morgan fingerprint density at radius 2 is 2.20 bits per heavy atom. The summed E-state index contributed by atoms with van der Waals surface area (Å²) in [6.45, 7) is 6.08. The van der Waals surface area contributed by atoms with Crippen molar-refractivity contribution in [1.82, 2.24) is 29.5 Å². The number of rotatable bonds is 8. The van der Waals surface area contributed by atoms with Gasteiger partial charge in [-0.1, -0.05) is 31.7 Å². The summed E-state index contributed by atoms with van der Waals surface area (Å²) in [5.41, 5.74) is 0.958. The van der Waals surface area contributed by atoms with Crippen LogP contribution < -0.4 is 0 Å². The summed E-state index contributed by atoms with van der Waals surface area (Å²) >= 11 is 1.31. The molecule has 1 aliphatic rings. The van der Waals surface area contributed by atoms with Gasteiger partial charge in [0.25, 0.3) is 0 Å². The molecule has 0 spiro atoms. The van der Waals surface area contributed by atoms with Crippen molar-refractivity contribution >= 4 is 23.6 Å². The maximum atomic E-state index is 12.9. The number of hydrogen-bond acceptors (Lipinski definition) is 7. The van der Waals surface area contributed by atoms with Crippen LogP contribution in [0.4, 0.5) is 0 Å². The number of carbonyl (C=O) groups is 2. The molecule has 30 heavy (non-hydrogen) atoms. The van der Waals surface area contributed by atoms with Gasteiger partial charge in [0.15, 0.2) is 5.16 Å². The number of thioether (sulfide) groups is 1. The topological polar surface area (TPSA) is 93.4 Å². The van der Waals surface area contributed by atoms with E-state index in [0.29, 0.717) is 37.3 Å². The second-order valence-corrected chi connectivity index (χ2v) is 8.72. The van der Waals surface area contributed by atoms with E-state index in [-0.39, 0.29) is 30.2 Å². The lowest BCUT2D eigenvalue weighted by atomic mass is 10.2. The zero-order valence-electron chi connectivity index (χ0n) is 17.6. The molecule has 162 valence electrons. The molecule has 10 heteroatoms. The molecule has 1 aliphatic heterocycles. The Balaban J connectivity index is 1.66. The molecular formula is C20H28N6O3S. The predicted octanol–water partition coefficient (Wildman–Crippen LogP) is 1.21. The monoisotopic (exact) mass is 432 g/mol. The summed E-state index contributed by atoms with van der Waals surface area (Å²) in [6.07, 6.45) is 4.80. The van der Waals surface area contributed by atoms with Crippen LogP contribution in [0.25, 0.3) is 0 Å². The molecule has 0 radical (unpaired) electrons. The number of nitrogens with zero attached hydrogens (tertiary/aromatic N) is 6. The van der Waals surface area contributed by atoms with Crippen molar-refractivity contribution in [2.24, 2.45) is 13.0 Å². The molecule has 3 rings (SSSR count). The van der Waals surface area contributed by atoms with Crippen molar-refractivity contribution in [2.75, 3.05) is 31.9 Å². The van der Waals surface area contributed by atoms with Crippen molar-refractivity contribution < 1.29 is 14.3 Å². The SMILES string of the molecule is CC(C)CN1CC(OCc2cccnc2)CN(C(=O)CSc2nncn2C)CC1=O. The highest BCUT2D eigenvalue weighted by atomic mass is 32.2. The van der Waals surface area contributed by atoms with Gasteiger partial charge < -0.3 is 19.1 Å². The third-order valence-corrected chi connectivity index (χ3v) is 5.69. The molecule has 2 aromatic heterocycles. The van der Waals surface area contributed by atoms with Gasteiger partial charge in [-0.05, 0) is 17.5 Å². The quantitative estimate of drug-likeness (QED) is 0.579. The molecule has 9 nitrogen and oxygen atoms in total. The lowest BCUT2D eigenvalue weighted by Crippen LogP contribution is -2.41. The number of pyridine rings is 1. The smallest absolute Gasteiger partial charge is 0.242 e. The van der Waals surface area contributed by atoms with E-state index in [9.17, 15) is 9.59 Å². The maximum absolute atomic E-state index is 12.9. The van der Waals surface area contributed by atoms with E-state index in [1.165, 1.54) is 11.8 Å². The van der Waals surface area contributed by atoms with Gasteiger partial charge in [-0.25, -0.2) is 0 Å². The number of ether oxygens (including phenoxy) is 1. The molecule has 2 amide bonds. The molecule has 0 aromatic carbocycles. The van der Waals surface area contributed by atoms with Gasteiger partial charge >= 0.3 is 0 Å². The van der Waals surface area contributed by atoms with Crippen LogP contribution in [-0.4, -0.2) is 79.4 Å². The summed E-state index contributed by atoms with van der Waals surface area (Å²) < 4.78 is 7.86. The highest BCUT2D eigenvalue weighted by Gasteiger charge is 2.31. The minimum Gasteiger partial charge on any atom is -0.370 e. The van der Waals surface area contributed by atoms with Crippen molar-refractivity contribution in [2.45, 2.75) is 31.7 Å². The van der Waals surface area contributed by atoms with Crippen LogP contribution in [0.15, 0.2) is 36.0 Å². The normalized spacial score (nSPS) is 17.5. The van der Waals surface area contributed by atoms with Crippen molar-refractivity contribution in [1.29, 1.82) is 0 Å². The summed E-state index contributed by atoms with van der Waals surface area (Å²) in [5.74, 6) is 0.367. The molecule has 0 N–H and O–H groups in total.